The minimum atomic E-state index is 0.113. The van der Waals surface area contributed by atoms with Crippen LogP contribution in [-0.4, -0.2) is 24.0 Å². The van der Waals surface area contributed by atoms with E-state index in [0.717, 1.165) is 24.2 Å². The van der Waals surface area contributed by atoms with Crippen molar-refractivity contribution in [1.29, 1.82) is 0 Å². The van der Waals surface area contributed by atoms with Crippen molar-refractivity contribution in [3.8, 4) is 0 Å². The van der Waals surface area contributed by atoms with Crippen LogP contribution in [0, 0.1) is 0 Å². The summed E-state index contributed by atoms with van der Waals surface area (Å²) < 4.78 is 0. The van der Waals surface area contributed by atoms with Crippen molar-refractivity contribution >= 4 is 11.6 Å². The van der Waals surface area contributed by atoms with E-state index in [-0.39, 0.29) is 11.8 Å². The second-order valence-corrected chi connectivity index (χ2v) is 5.33. The van der Waals surface area contributed by atoms with Crippen LogP contribution >= 0.6 is 0 Å². The van der Waals surface area contributed by atoms with Crippen LogP contribution in [0.25, 0.3) is 0 Å². The fourth-order valence-electron chi connectivity index (χ4n) is 2.73. The van der Waals surface area contributed by atoms with E-state index in [4.69, 9.17) is 0 Å². The molecule has 4 heteroatoms. The fourth-order valence-corrected chi connectivity index (χ4v) is 2.73. The Morgan fingerprint density at radius 1 is 1.29 bits per heavy atom. The number of benzene rings is 1. The van der Waals surface area contributed by atoms with Gasteiger partial charge in [0.25, 0.3) is 0 Å². The van der Waals surface area contributed by atoms with Crippen LogP contribution in [0.5, 0.6) is 0 Å². The fraction of sp³-hybridized carbons (Fsp3) is 0.294. The number of nitrogens with zero attached hydrogens (tertiary/aromatic N) is 1. The maximum Gasteiger partial charge on any atom is 0.220 e. The third-order valence-corrected chi connectivity index (χ3v) is 3.83. The van der Waals surface area contributed by atoms with Crippen molar-refractivity contribution < 1.29 is 4.79 Å². The van der Waals surface area contributed by atoms with Gasteiger partial charge in [-0.05, 0) is 29.7 Å². The Hall–Kier alpha value is -2.36. The Labute approximate surface area is 124 Å². The molecule has 2 heterocycles. The van der Waals surface area contributed by atoms with Gasteiger partial charge >= 0.3 is 0 Å². The molecule has 1 atom stereocenters. The summed E-state index contributed by atoms with van der Waals surface area (Å²) in [5, 5.41) is 6.34. The van der Waals surface area contributed by atoms with Crippen LogP contribution in [-0.2, 0) is 11.2 Å². The molecular formula is C17H19N3O. The van der Waals surface area contributed by atoms with Crippen molar-refractivity contribution in [2.24, 2.45) is 0 Å². The van der Waals surface area contributed by atoms with Gasteiger partial charge in [-0.3, -0.25) is 9.78 Å². The van der Waals surface area contributed by atoms with Crippen molar-refractivity contribution in [1.82, 2.24) is 10.3 Å². The molecule has 0 saturated carbocycles. The molecule has 1 aliphatic heterocycles. The maximum absolute atomic E-state index is 12.0. The molecule has 4 nitrogen and oxygen atoms in total. The van der Waals surface area contributed by atoms with E-state index in [1.807, 2.05) is 30.5 Å². The van der Waals surface area contributed by atoms with Crippen LogP contribution in [0.1, 0.15) is 23.5 Å². The monoisotopic (exact) mass is 281 g/mol. The smallest absolute Gasteiger partial charge is 0.220 e. The quantitative estimate of drug-likeness (QED) is 0.884. The third kappa shape index (κ3) is 3.40. The number of rotatable bonds is 5. The normalized spacial score (nSPS) is 16.1. The number of pyridine rings is 1. The first-order valence-corrected chi connectivity index (χ1v) is 7.31. The van der Waals surface area contributed by atoms with Gasteiger partial charge in [0.05, 0.1) is 0 Å². The largest absolute Gasteiger partial charge is 0.384 e. The van der Waals surface area contributed by atoms with Gasteiger partial charge in [-0.1, -0.05) is 24.3 Å². The molecule has 1 aromatic carbocycles. The zero-order valence-electron chi connectivity index (χ0n) is 11.9. The van der Waals surface area contributed by atoms with Gasteiger partial charge in [0.1, 0.15) is 0 Å². The summed E-state index contributed by atoms with van der Waals surface area (Å²) in [6.45, 7) is 1.50. The van der Waals surface area contributed by atoms with E-state index in [0.29, 0.717) is 13.0 Å². The van der Waals surface area contributed by atoms with Crippen molar-refractivity contribution in [3.05, 3.63) is 59.9 Å². The molecule has 0 fully saturated rings. The van der Waals surface area contributed by atoms with E-state index < -0.39 is 0 Å². The van der Waals surface area contributed by atoms with E-state index in [9.17, 15) is 4.79 Å². The average molecular weight is 281 g/mol. The van der Waals surface area contributed by atoms with E-state index >= 15 is 0 Å². The highest BCUT2D eigenvalue weighted by Crippen LogP contribution is 2.32. The summed E-state index contributed by atoms with van der Waals surface area (Å²) in [6.07, 6.45) is 4.95. The standard InChI is InChI=1S/C17H19N3O/c21-17(19-9-7-13-4-3-8-18-11-13)10-14-12-20-16-6-2-1-5-15(14)16/h1-6,8,11,14,20H,7,9-10,12H2,(H,19,21). The Bertz CT molecular complexity index is 612. The summed E-state index contributed by atoms with van der Waals surface area (Å²) in [5.41, 5.74) is 3.55. The lowest BCUT2D eigenvalue weighted by Crippen LogP contribution is -2.27. The molecular weight excluding hydrogens is 262 g/mol. The first-order valence-electron chi connectivity index (χ1n) is 7.31. The number of aromatic nitrogens is 1. The van der Waals surface area contributed by atoms with Crippen molar-refractivity contribution in [2.45, 2.75) is 18.8 Å². The van der Waals surface area contributed by atoms with E-state index in [1.54, 1.807) is 6.20 Å². The molecule has 2 aromatic rings. The van der Waals surface area contributed by atoms with Crippen LogP contribution in [0.2, 0.25) is 0 Å². The highest BCUT2D eigenvalue weighted by atomic mass is 16.1. The summed E-state index contributed by atoms with van der Waals surface area (Å²) >= 11 is 0. The van der Waals surface area contributed by atoms with Gasteiger partial charge in [0.15, 0.2) is 0 Å². The molecule has 0 radical (unpaired) electrons. The third-order valence-electron chi connectivity index (χ3n) is 3.83. The van der Waals surface area contributed by atoms with Crippen LogP contribution in [0.4, 0.5) is 5.69 Å². The molecule has 0 aliphatic carbocycles. The number of anilines is 1. The number of para-hydroxylation sites is 1. The number of fused-ring (bicyclic) bond motifs is 1. The van der Waals surface area contributed by atoms with Crippen molar-refractivity contribution in [2.75, 3.05) is 18.4 Å². The number of amides is 1. The molecule has 1 aliphatic rings. The van der Waals surface area contributed by atoms with Gasteiger partial charge < -0.3 is 10.6 Å². The minimum Gasteiger partial charge on any atom is -0.384 e. The Morgan fingerprint density at radius 2 is 2.19 bits per heavy atom. The van der Waals surface area contributed by atoms with Gasteiger partial charge in [-0.25, -0.2) is 0 Å². The number of hydrogen-bond acceptors (Lipinski definition) is 3. The van der Waals surface area contributed by atoms with Gasteiger partial charge in [-0.15, -0.1) is 0 Å². The average Bonchev–Trinajstić information content (AvgIpc) is 2.92. The molecule has 108 valence electrons. The molecule has 0 saturated heterocycles. The predicted molar refractivity (Wildman–Crippen MR) is 83.2 cm³/mol. The lowest BCUT2D eigenvalue weighted by Gasteiger charge is -2.10. The molecule has 1 unspecified atom stereocenters. The molecule has 1 aromatic heterocycles. The Kier molecular flexibility index (Phi) is 4.15. The second-order valence-electron chi connectivity index (χ2n) is 5.33. The van der Waals surface area contributed by atoms with Crippen LogP contribution < -0.4 is 10.6 Å². The van der Waals surface area contributed by atoms with E-state index in [2.05, 4.69) is 27.8 Å². The Balaban J connectivity index is 1.47. The minimum absolute atomic E-state index is 0.113. The summed E-state index contributed by atoms with van der Waals surface area (Å²) in [5.74, 6) is 0.391. The zero-order valence-corrected chi connectivity index (χ0v) is 11.9. The maximum atomic E-state index is 12.0. The van der Waals surface area contributed by atoms with Gasteiger partial charge in [0.2, 0.25) is 5.91 Å². The Morgan fingerprint density at radius 3 is 3.05 bits per heavy atom. The topological polar surface area (TPSA) is 54.0 Å². The first-order chi connectivity index (χ1) is 10.3. The molecule has 0 bridgehead atoms. The summed E-state index contributed by atoms with van der Waals surface area (Å²) in [4.78, 5) is 16.1. The first kappa shape index (κ1) is 13.6. The second kappa shape index (κ2) is 6.39. The number of nitrogens with one attached hydrogen (secondary N) is 2. The van der Waals surface area contributed by atoms with Crippen LogP contribution in [0.3, 0.4) is 0 Å². The molecule has 2 N–H and O–H groups in total. The zero-order chi connectivity index (χ0) is 14.5. The highest BCUT2D eigenvalue weighted by Gasteiger charge is 2.23. The van der Waals surface area contributed by atoms with E-state index in [1.165, 1.54) is 5.56 Å². The van der Waals surface area contributed by atoms with Gasteiger partial charge in [-0.2, -0.15) is 0 Å². The molecule has 21 heavy (non-hydrogen) atoms. The predicted octanol–water partition coefficient (Wildman–Crippen LogP) is 2.34. The number of carbonyl (C=O) groups excluding carboxylic acids is 1. The highest BCUT2D eigenvalue weighted by molar-refractivity contribution is 5.78. The van der Waals surface area contributed by atoms with Crippen molar-refractivity contribution in [3.63, 3.8) is 0 Å². The lowest BCUT2D eigenvalue weighted by molar-refractivity contribution is -0.121. The van der Waals surface area contributed by atoms with Gasteiger partial charge in [0, 0.05) is 43.5 Å². The summed E-state index contributed by atoms with van der Waals surface area (Å²) in [7, 11) is 0. The molecule has 1 amide bonds. The number of hydrogen-bond donors (Lipinski definition) is 2. The molecule has 3 rings (SSSR count). The van der Waals surface area contributed by atoms with Crippen LogP contribution in [0.15, 0.2) is 48.8 Å². The summed E-state index contributed by atoms with van der Waals surface area (Å²) in [6, 6.07) is 12.1. The SMILES string of the molecule is O=C(CC1CNc2ccccc21)NCCc1cccnc1. The number of carbonyl (C=O) groups is 1. The lowest BCUT2D eigenvalue weighted by atomic mass is 9.97. The molecule has 0 spiro atoms.